The Balaban J connectivity index is 2.38. The predicted octanol–water partition coefficient (Wildman–Crippen LogP) is 1.57. The molecule has 1 aromatic carbocycles. The van der Waals surface area contributed by atoms with E-state index in [1.54, 1.807) is 0 Å². The van der Waals surface area contributed by atoms with Crippen LogP contribution < -0.4 is 10.6 Å². The zero-order chi connectivity index (χ0) is 14.5. The summed E-state index contributed by atoms with van der Waals surface area (Å²) in [6, 6.07) is 7.78. The standard InChI is InChI=1S/C15H22N2O2/c1-11-6-5-7-12(8-11)9-13(18)16-10-14(19)17-15(2,3)4/h5-8H,9-10H2,1-4H3,(H,16,18)(H,17,19). The van der Waals surface area contributed by atoms with Gasteiger partial charge in [0.1, 0.15) is 0 Å². The third-order valence-electron chi connectivity index (χ3n) is 2.41. The minimum atomic E-state index is -0.279. The minimum Gasteiger partial charge on any atom is -0.350 e. The first-order valence-electron chi connectivity index (χ1n) is 6.39. The van der Waals surface area contributed by atoms with Crippen molar-refractivity contribution in [2.75, 3.05) is 6.54 Å². The molecular weight excluding hydrogens is 240 g/mol. The van der Waals surface area contributed by atoms with Crippen molar-refractivity contribution in [3.05, 3.63) is 35.4 Å². The average Bonchev–Trinajstić information content (AvgIpc) is 2.24. The molecule has 0 aliphatic heterocycles. The molecule has 0 aliphatic carbocycles. The molecule has 2 amide bonds. The molecule has 0 saturated heterocycles. The van der Waals surface area contributed by atoms with E-state index in [1.165, 1.54) is 0 Å². The van der Waals surface area contributed by atoms with Gasteiger partial charge in [-0.25, -0.2) is 0 Å². The second-order valence-electron chi connectivity index (χ2n) is 5.74. The van der Waals surface area contributed by atoms with E-state index in [-0.39, 0.29) is 23.9 Å². The molecular formula is C15H22N2O2. The highest BCUT2D eigenvalue weighted by molar-refractivity contribution is 5.85. The first-order valence-corrected chi connectivity index (χ1v) is 6.39. The van der Waals surface area contributed by atoms with E-state index in [0.717, 1.165) is 11.1 Å². The Hall–Kier alpha value is -1.84. The molecule has 0 fully saturated rings. The number of nitrogens with one attached hydrogen (secondary N) is 2. The highest BCUT2D eigenvalue weighted by Gasteiger charge is 2.14. The lowest BCUT2D eigenvalue weighted by atomic mass is 10.1. The zero-order valence-corrected chi connectivity index (χ0v) is 12.0. The van der Waals surface area contributed by atoms with Crippen molar-refractivity contribution in [1.29, 1.82) is 0 Å². The number of benzene rings is 1. The van der Waals surface area contributed by atoms with E-state index in [9.17, 15) is 9.59 Å². The molecule has 4 heteroatoms. The molecule has 0 aliphatic rings. The smallest absolute Gasteiger partial charge is 0.239 e. The summed E-state index contributed by atoms with van der Waals surface area (Å²) >= 11 is 0. The average molecular weight is 262 g/mol. The number of aryl methyl sites for hydroxylation is 1. The van der Waals surface area contributed by atoms with Gasteiger partial charge in [-0.15, -0.1) is 0 Å². The van der Waals surface area contributed by atoms with Gasteiger partial charge in [-0.1, -0.05) is 29.8 Å². The fourth-order valence-corrected chi connectivity index (χ4v) is 1.71. The lowest BCUT2D eigenvalue weighted by Gasteiger charge is -2.20. The number of hydrogen-bond donors (Lipinski definition) is 2. The van der Waals surface area contributed by atoms with Crippen LogP contribution in [0.1, 0.15) is 31.9 Å². The van der Waals surface area contributed by atoms with E-state index in [4.69, 9.17) is 0 Å². The fourth-order valence-electron chi connectivity index (χ4n) is 1.71. The summed E-state index contributed by atoms with van der Waals surface area (Å²) in [4.78, 5) is 23.2. The van der Waals surface area contributed by atoms with E-state index in [2.05, 4.69) is 10.6 Å². The van der Waals surface area contributed by atoms with Crippen LogP contribution in [0.25, 0.3) is 0 Å². The van der Waals surface area contributed by atoms with Gasteiger partial charge in [-0.3, -0.25) is 9.59 Å². The van der Waals surface area contributed by atoms with Gasteiger partial charge in [-0.05, 0) is 33.3 Å². The Morgan fingerprint density at radius 1 is 1.16 bits per heavy atom. The number of rotatable bonds is 4. The van der Waals surface area contributed by atoms with E-state index in [0.29, 0.717) is 6.42 Å². The summed E-state index contributed by atoms with van der Waals surface area (Å²) in [5.74, 6) is -0.320. The maximum atomic E-state index is 11.7. The van der Waals surface area contributed by atoms with Crippen LogP contribution >= 0.6 is 0 Å². The molecule has 0 atom stereocenters. The van der Waals surface area contributed by atoms with Gasteiger partial charge >= 0.3 is 0 Å². The Labute approximate surface area is 114 Å². The molecule has 2 N–H and O–H groups in total. The summed E-state index contributed by atoms with van der Waals surface area (Å²) in [7, 11) is 0. The van der Waals surface area contributed by atoms with E-state index in [1.807, 2.05) is 52.0 Å². The zero-order valence-electron chi connectivity index (χ0n) is 12.0. The van der Waals surface area contributed by atoms with Crippen LogP contribution in [0.4, 0.5) is 0 Å². The predicted molar refractivity (Wildman–Crippen MR) is 75.8 cm³/mol. The molecule has 1 aromatic rings. The van der Waals surface area contributed by atoms with Crippen LogP contribution in [-0.4, -0.2) is 23.9 Å². The third-order valence-corrected chi connectivity index (χ3v) is 2.41. The molecule has 0 unspecified atom stereocenters. The number of hydrogen-bond acceptors (Lipinski definition) is 2. The molecule has 19 heavy (non-hydrogen) atoms. The minimum absolute atomic E-state index is 0.0158. The summed E-state index contributed by atoms with van der Waals surface area (Å²) < 4.78 is 0. The molecule has 0 aromatic heterocycles. The number of carbonyl (C=O) groups is 2. The molecule has 0 saturated carbocycles. The van der Waals surface area contributed by atoms with Gasteiger partial charge in [0.15, 0.2) is 0 Å². The monoisotopic (exact) mass is 262 g/mol. The van der Waals surface area contributed by atoms with Gasteiger partial charge in [0.25, 0.3) is 0 Å². The van der Waals surface area contributed by atoms with Crippen molar-refractivity contribution in [1.82, 2.24) is 10.6 Å². The normalized spacial score (nSPS) is 10.9. The second-order valence-corrected chi connectivity index (χ2v) is 5.74. The van der Waals surface area contributed by atoms with Gasteiger partial charge in [0.2, 0.25) is 11.8 Å². The van der Waals surface area contributed by atoms with Gasteiger partial charge in [0, 0.05) is 5.54 Å². The van der Waals surface area contributed by atoms with Crippen LogP contribution in [0, 0.1) is 6.92 Å². The van der Waals surface area contributed by atoms with Crippen LogP contribution in [0.3, 0.4) is 0 Å². The summed E-state index contributed by atoms with van der Waals surface area (Å²) in [6.07, 6.45) is 0.296. The third kappa shape index (κ3) is 6.60. The first kappa shape index (κ1) is 15.2. The lowest BCUT2D eigenvalue weighted by molar-refractivity contribution is -0.126. The first-order chi connectivity index (χ1) is 8.76. The Morgan fingerprint density at radius 2 is 1.84 bits per heavy atom. The van der Waals surface area contributed by atoms with Crippen LogP contribution in [0.15, 0.2) is 24.3 Å². The van der Waals surface area contributed by atoms with Gasteiger partial charge < -0.3 is 10.6 Å². The molecule has 4 nitrogen and oxygen atoms in total. The maximum Gasteiger partial charge on any atom is 0.239 e. The van der Waals surface area contributed by atoms with Crippen LogP contribution in [-0.2, 0) is 16.0 Å². The van der Waals surface area contributed by atoms with Crippen molar-refractivity contribution < 1.29 is 9.59 Å². The van der Waals surface area contributed by atoms with E-state index >= 15 is 0 Å². The van der Waals surface area contributed by atoms with Crippen LogP contribution in [0.2, 0.25) is 0 Å². The van der Waals surface area contributed by atoms with Crippen LogP contribution in [0.5, 0.6) is 0 Å². The largest absolute Gasteiger partial charge is 0.350 e. The summed E-state index contributed by atoms with van der Waals surface area (Å²) in [6.45, 7) is 7.71. The van der Waals surface area contributed by atoms with Gasteiger partial charge in [-0.2, -0.15) is 0 Å². The summed E-state index contributed by atoms with van der Waals surface area (Å²) in [5, 5.41) is 5.42. The summed E-state index contributed by atoms with van der Waals surface area (Å²) in [5.41, 5.74) is 1.79. The van der Waals surface area contributed by atoms with E-state index < -0.39 is 0 Å². The Kier molecular flexibility index (Phi) is 5.10. The van der Waals surface area contributed by atoms with Crippen molar-refractivity contribution in [3.8, 4) is 0 Å². The maximum absolute atomic E-state index is 11.7. The highest BCUT2D eigenvalue weighted by Crippen LogP contribution is 2.04. The Morgan fingerprint density at radius 3 is 2.42 bits per heavy atom. The fraction of sp³-hybridized carbons (Fsp3) is 0.467. The van der Waals surface area contributed by atoms with Crippen molar-refractivity contribution in [3.63, 3.8) is 0 Å². The van der Waals surface area contributed by atoms with Gasteiger partial charge in [0.05, 0.1) is 13.0 Å². The highest BCUT2D eigenvalue weighted by atomic mass is 16.2. The number of carbonyl (C=O) groups excluding carboxylic acids is 2. The molecule has 104 valence electrons. The molecule has 0 spiro atoms. The molecule has 0 heterocycles. The van der Waals surface area contributed by atoms with Crippen molar-refractivity contribution in [2.24, 2.45) is 0 Å². The molecule has 1 rings (SSSR count). The molecule has 0 bridgehead atoms. The Bertz CT molecular complexity index is 461. The second kappa shape index (κ2) is 6.36. The lowest BCUT2D eigenvalue weighted by Crippen LogP contribution is -2.46. The molecule has 0 radical (unpaired) electrons. The quantitative estimate of drug-likeness (QED) is 0.865. The van der Waals surface area contributed by atoms with Crippen molar-refractivity contribution >= 4 is 11.8 Å². The topological polar surface area (TPSA) is 58.2 Å². The van der Waals surface area contributed by atoms with Crippen molar-refractivity contribution in [2.45, 2.75) is 39.7 Å². The number of amides is 2. The SMILES string of the molecule is Cc1cccc(CC(=O)NCC(=O)NC(C)(C)C)c1.